The summed E-state index contributed by atoms with van der Waals surface area (Å²) in [4.78, 5) is 33.5. The smallest absolute Gasteiger partial charge is 0.197 e. The Morgan fingerprint density at radius 1 is 0.828 bits per heavy atom. The van der Waals surface area contributed by atoms with E-state index in [-0.39, 0.29) is 17.1 Å². The Morgan fingerprint density at radius 2 is 1.55 bits per heavy atom. The molecule has 0 radical (unpaired) electrons. The third-order valence-electron chi connectivity index (χ3n) is 4.99. The fraction of sp³-hybridized carbons (Fsp3) is 0. The van der Waals surface area contributed by atoms with E-state index in [0.29, 0.717) is 11.1 Å². The van der Waals surface area contributed by atoms with Crippen LogP contribution in [0.3, 0.4) is 0 Å². The predicted octanol–water partition coefficient (Wildman–Crippen LogP) is 6.70. The van der Waals surface area contributed by atoms with Crippen LogP contribution in [0.15, 0.2) is 65.6 Å². The van der Waals surface area contributed by atoms with Gasteiger partial charge in [-0.15, -0.1) is 34.0 Å². The van der Waals surface area contributed by atoms with Crippen molar-refractivity contribution in [1.82, 2.24) is 4.98 Å². The van der Waals surface area contributed by atoms with Gasteiger partial charge in [0.2, 0.25) is 0 Å². The minimum absolute atomic E-state index is 0.195. The van der Waals surface area contributed by atoms with E-state index in [9.17, 15) is 9.59 Å². The van der Waals surface area contributed by atoms with E-state index in [4.69, 9.17) is 4.98 Å². The Morgan fingerprint density at radius 3 is 2.17 bits per heavy atom. The second-order valence-corrected chi connectivity index (χ2v) is 9.82. The van der Waals surface area contributed by atoms with Gasteiger partial charge < -0.3 is 0 Å². The molecular formula is C23H11NO2S3. The van der Waals surface area contributed by atoms with Gasteiger partial charge in [0.15, 0.2) is 11.6 Å². The van der Waals surface area contributed by atoms with Crippen LogP contribution < -0.4 is 0 Å². The molecule has 0 unspecified atom stereocenters. The summed E-state index contributed by atoms with van der Waals surface area (Å²) >= 11 is 4.82. The number of ketones is 2. The highest BCUT2D eigenvalue weighted by molar-refractivity contribution is 7.30. The van der Waals surface area contributed by atoms with E-state index in [2.05, 4.69) is 6.07 Å². The van der Waals surface area contributed by atoms with Gasteiger partial charge in [-0.25, -0.2) is 4.98 Å². The van der Waals surface area contributed by atoms with Crippen LogP contribution in [0, 0.1) is 0 Å². The van der Waals surface area contributed by atoms with Crippen LogP contribution >= 0.6 is 34.0 Å². The number of aromatic nitrogens is 1. The Labute approximate surface area is 177 Å². The van der Waals surface area contributed by atoms with Crippen LogP contribution in [-0.4, -0.2) is 16.6 Å². The maximum absolute atomic E-state index is 12.9. The van der Waals surface area contributed by atoms with Crippen molar-refractivity contribution < 1.29 is 9.59 Å². The fourth-order valence-corrected chi connectivity index (χ4v) is 6.58. The molecule has 6 heteroatoms. The summed E-state index contributed by atoms with van der Waals surface area (Å²) in [7, 11) is 0. The third-order valence-corrected chi connectivity index (χ3v) is 8.14. The number of rotatable bonds is 2. The Hall–Kier alpha value is -2.93. The first-order valence-electron chi connectivity index (χ1n) is 8.95. The summed E-state index contributed by atoms with van der Waals surface area (Å²) in [5.74, 6) is -0.389. The topological polar surface area (TPSA) is 47.0 Å². The molecule has 3 heterocycles. The lowest BCUT2D eigenvalue weighted by atomic mass is 10.0. The van der Waals surface area contributed by atoms with Crippen molar-refractivity contribution in [3.63, 3.8) is 0 Å². The van der Waals surface area contributed by atoms with Crippen LogP contribution in [0.5, 0.6) is 0 Å². The molecule has 0 atom stereocenters. The first-order chi connectivity index (χ1) is 14.2. The number of nitrogens with zero attached hydrogens (tertiary/aromatic N) is 1. The minimum atomic E-state index is -0.195. The van der Waals surface area contributed by atoms with Crippen molar-refractivity contribution in [2.24, 2.45) is 0 Å². The molecule has 0 spiro atoms. The molecule has 2 aromatic carbocycles. The van der Waals surface area contributed by atoms with Gasteiger partial charge in [0.05, 0.1) is 15.2 Å². The van der Waals surface area contributed by atoms with Crippen molar-refractivity contribution in [3.8, 4) is 9.88 Å². The van der Waals surface area contributed by atoms with E-state index < -0.39 is 0 Å². The number of carbonyl (C=O) groups is 2. The van der Waals surface area contributed by atoms with E-state index >= 15 is 0 Å². The zero-order chi connectivity index (χ0) is 19.5. The monoisotopic (exact) mass is 429 g/mol. The van der Waals surface area contributed by atoms with Crippen molar-refractivity contribution >= 4 is 72.0 Å². The number of hydrogen-bond acceptors (Lipinski definition) is 6. The van der Waals surface area contributed by atoms with Crippen molar-refractivity contribution in [2.45, 2.75) is 0 Å². The molecule has 138 valence electrons. The summed E-state index contributed by atoms with van der Waals surface area (Å²) < 4.78 is 1.08. The molecule has 3 nitrogen and oxygen atoms in total. The number of carbonyl (C=O) groups excluding carboxylic acids is 2. The first-order valence-corrected chi connectivity index (χ1v) is 11.5. The minimum Gasteiger partial charge on any atom is -0.288 e. The molecule has 5 aromatic rings. The lowest BCUT2D eigenvalue weighted by Crippen LogP contribution is -1.99. The molecule has 0 saturated carbocycles. The lowest BCUT2D eigenvalue weighted by Gasteiger charge is -2.00. The van der Waals surface area contributed by atoms with Crippen LogP contribution in [0.4, 0.5) is 0 Å². The molecule has 0 amide bonds. The first kappa shape index (κ1) is 17.0. The number of Topliss-reactive ketones (excluding diaryl/α,β-unsaturated/α-hetero) is 2. The molecule has 1 aliphatic rings. The average Bonchev–Trinajstić information content (AvgIpc) is 3.48. The summed E-state index contributed by atoms with van der Waals surface area (Å²) in [6, 6.07) is 17.5. The van der Waals surface area contributed by atoms with Crippen LogP contribution in [-0.2, 0) is 0 Å². The van der Waals surface area contributed by atoms with Gasteiger partial charge in [-0.2, -0.15) is 0 Å². The number of allylic oxidation sites excluding steroid dienone is 1. The molecule has 29 heavy (non-hydrogen) atoms. The number of fused-ring (bicyclic) bond motifs is 3. The molecular weight excluding hydrogens is 418 g/mol. The summed E-state index contributed by atoms with van der Waals surface area (Å²) in [6.45, 7) is 0. The zero-order valence-corrected chi connectivity index (χ0v) is 17.3. The number of benzene rings is 2. The Kier molecular flexibility index (Phi) is 3.68. The second kappa shape index (κ2) is 6.29. The van der Waals surface area contributed by atoms with Crippen LogP contribution in [0.1, 0.15) is 25.6 Å². The molecule has 0 N–H and O–H groups in total. The maximum Gasteiger partial charge on any atom is 0.197 e. The van der Waals surface area contributed by atoms with Gasteiger partial charge in [-0.05, 0) is 46.5 Å². The van der Waals surface area contributed by atoms with Gasteiger partial charge in [-0.1, -0.05) is 30.3 Å². The number of thiazole rings is 1. The van der Waals surface area contributed by atoms with E-state index in [0.717, 1.165) is 35.1 Å². The molecule has 1 aliphatic carbocycles. The van der Waals surface area contributed by atoms with Gasteiger partial charge in [-0.3, -0.25) is 9.59 Å². The largest absolute Gasteiger partial charge is 0.288 e. The van der Waals surface area contributed by atoms with Crippen LogP contribution in [0.25, 0.3) is 36.3 Å². The Balaban J connectivity index is 1.41. The number of hydrogen-bond donors (Lipinski definition) is 0. The SMILES string of the molecule is O=C1C(=Cc2cc3sc(-c4cccs4)nc3s2)C(=O)c2cc3ccccc3cc21. The maximum atomic E-state index is 12.9. The lowest BCUT2D eigenvalue weighted by molar-refractivity contribution is 0.0990. The molecule has 0 aliphatic heterocycles. The highest BCUT2D eigenvalue weighted by Gasteiger charge is 2.33. The molecule has 0 bridgehead atoms. The highest BCUT2D eigenvalue weighted by atomic mass is 32.1. The summed E-state index contributed by atoms with van der Waals surface area (Å²) in [5, 5.41) is 4.98. The Bertz CT molecular complexity index is 1400. The van der Waals surface area contributed by atoms with E-state index in [1.54, 1.807) is 28.7 Å². The predicted molar refractivity (Wildman–Crippen MR) is 121 cm³/mol. The molecule has 6 rings (SSSR count). The van der Waals surface area contributed by atoms with Gasteiger partial charge in [0, 0.05) is 16.0 Å². The van der Waals surface area contributed by atoms with Crippen LogP contribution in [0.2, 0.25) is 0 Å². The number of thiophene rings is 2. The second-order valence-electron chi connectivity index (χ2n) is 6.78. The van der Waals surface area contributed by atoms with Crippen molar-refractivity contribution in [3.05, 3.63) is 81.6 Å². The average molecular weight is 430 g/mol. The molecule has 3 aromatic heterocycles. The van der Waals surface area contributed by atoms with E-state index in [1.807, 2.05) is 53.9 Å². The standard InChI is InChI=1S/C23H11NO2S3/c25-20-15-8-12-4-1-2-5-13(12)9-16(15)21(26)17(20)10-14-11-19-23(28-14)24-22(29-19)18-6-3-7-27-18/h1-11H. The van der Waals surface area contributed by atoms with Gasteiger partial charge in [0.25, 0.3) is 0 Å². The highest BCUT2D eigenvalue weighted by Crippen LogP contribution is 2.38. The summed E-state index contributed by atoms with van der Waals surface area (Å²) in [6.07, 6.45) is 1.72. The van der Waals surface area contributed by atoms with Crippen molar-refractivity contribution in [1.29, 1.82) is 0 Å². The van der Waals surface area contributed by atoms with Gasteiger partial charge in [0.1, 0.15) is 9.84 Å². The van der Waals surface area contributed by atoms with Crippen molar-refractivity contribution in [2.75, 3.05) is 0 Å². The third kappa shape index (κ3) is 2.64. The van der Waals surface area contributed by atoms with Gasteiger partial charge >= 0.3 is 0 Å². The molecule has 0 saturated heterocycles. The fourth-order valence-electron chi connectivity index (χ4n) is 3.61. The van der Waals surface area contributed by atoms with E-state index in [1.165, 1.54) is 11.3 Å². The zero-order valence-electron chi connectivity index (χ0n) is 14.8. The molecule has 0 fully saturated rings. The normalized spacial score (nSPS) is 13.6. The summed E-state index contributed by atoms with van der Waals surface area (Å²) in [5.41, 5.74) is 1.23. The quantitative estimate of drug-likeness (QED) is 0.232.